The second kappa shape index (κ2) is 6.60. The summed E-state index contributed by atoms with van der Waals surface area (Å²) in [4.78, 5) is 4.64. The van der Waals surface area contributed by atoms with Gasteiger partial charge in [0.2, 0.25) is 10.0 Å². The van der Waals surface area contributed by atoms with Crippen molar-refractivity contribution < 1.29 is 8.42 Å². The molecule has 1 aromatic heterocycles. The summed E-state index contributed by atoms with van der Waals surface area (Å²) in [6.07, 6.45) is 3.56. The first-order chi connectivity index (χ1) is 9.49. The Balaban J connectivity index is 1.90. The fourth-order valence-corrected chi connectivity index (χ4v) is 4.06. The molecule has 2 rings (SSSR count). The monoisotopic (exact) mass is 313 g/mol. The van der Waals surface area contributed by atoms with Crippen LogP contribution in [0.25, 0.3) is 0 Å². The quantitative estimate of drug-likeness (QED) is 0.819. The third-order valence-corrected chi connectivity index (χ3v) is 5.80. The topological polar surface area (TPSA) is 76.3 Å². The van der Waals surface area contributed by atoms with Crippen LogP contribution in [0.4, 0.5) is 0 Å². The van der Waals surface area contributed by atoms with Crippen molar-refractivity contribution in [2.45, 2.75) is 19.3 Å². The van der Waals surface area contributed by atoms with Gasteiger partial charge >= 0.3 is 0 Å². The molecule has 0 aliphatic carbocycles. The van der Waals surface area contributed by atoms with Crippen LogP contribution in [-0.4, -0.2) is 41.5 Å². The first-order valence-corrected chi connectivity index (χ1v) is 8.68. The van der Waals surface area contributed by atoms with Crippen LogP contribution in [0.1, 0.15) is 18.5 Å². The zero-order valence-electron chi connectivity index (χ0n) is 11.2. The van der Waals surface area contributed by atoms with Gasteiger partial charge in [-0.25, -0.2) is 12.7 Å². The molecular weight excluding hydrogens is 294 g/mol. The number of thiocarbonyl (C=S) groups is 1. The molecule has 1 saturated heterocycles. The Morgan fingerprint density at radius 1 is 1.40 bits per heavy atom. The molecule has 20 heavy (non-hydrogen) atoms. The van der Waals surface area contributed by atoms with Crippen LogP contribution in [0.5, 0.6) is 0 Å². The number of piperidine rings is 1. The highest BCUT2D eigenvalue weighted by atomic mass is 32.2. The maximum absolute atomic E-state index is 12.3. The number of aromatic nitrogens is 1. The highest BCUT2D eigenvalue weighted by molar-refractivity contribution is 7.89. The van der Waals surface area contributed by atoms with Crippen LogP contribution in [0.2, 0.25) is 0 Å². The van der Waals surface area contributed by atoms with E-state index in [4.69, 9.17) is 18.0 Å². The lowest BCUT2D eigenvalue weighted by atomic mass is 9.98. The Labute approximate surface area is 125 Å². The van der Waals surface area contributed by atoms with Crippen molar-refractivity contribution >= 4 is 27.2 Å². The van der Waals surface area contributed by atoms with Crippen LogP contribution < -0.4 is 5.73 Å². The van der Waals surface area contributed by atoms with E-state index < -0.39 is 10.0 Å². The highest BCUT2D eigenvalue weighted by Crippen LogP contribution is 2.20. The fraction of sp³-hybridized carbons (Fsp3) is 0.538. The van der Waals surface area contributed by atoms with Crippen LogP contribution in [0.15, 0.2) is 24.4 Å². The number of hydrogen-bond acceptors (Lipinski definition) is 4. The van der Waals surface area contributed by atoms with Crippen molar-refractivity contribution in [3.8, 4) is 0 Å². The Morgan fingerprint density at radius 3 is 2.65 bits per heavy atom. The van der Waals surface area contributed by atoms with E-state index in [0.717, 1.165) is 18.5 Å². The van der Waals surface area contributed by atoms with Crippen LogP contribution in [0.3, 0.4) is 0 Å². The summed E-state index contributed by atoms with van der Waals surface area (Å²) >= 11 is 4.96. The van der Waals surface area contributed by atoms with E-state index in [0.29, 0.717) is 24.5 Å². The number of hydrogen-bond donors (Lipinski definition) is 1. The lowest BCUT2D eigenvalue weighted by Gasteiger charge is -2.30. The molecule has 2 N–H and O–H groups in total. The summed E-state index contributed by atoms with van der Waals surface area (Å²) in [6.45, 7) is 1.01. The summed E-state index contributed by atoms with van der Waals surface area (Å²) in [5.74, 6) is 0.272. The number of aryl methyl sites for hydroxylation is 1. The molecule has 1 aromatic rings. The molecule has 1 aliphatic rings. The molecule has 2 heterocycles. The molecule has 0 atom stereocenters. The number of rotatable bonds is 5. The Morgan fingerprint density at radius 2 is 2.10 bits per heavy atom. The summed E-state index contributed by atoms with van der Waals surface area (Å²) < 4.78 is 26.1. The average molecular weight is 313 g/mol. The Hall–Kier alpha value is -1.05. The van der Waals surface area contributed by atoms with Crippen LogP contribution >= 0.6 is 12.2 Å². The van der Waals surface area contributed by atoms with E-state index in [1.807, 2.05) is 18.2 Å². The fourth-order valence-electron chi connectivity index (χ4n) is 2.33. The molecule has 0 unspecified atom stereocenters. The molecule has 0 spiro atoms. The molecule has 0 aromatic carbocycles. The van der Waals surface area contributed by atoms with Crippen molar-refractivity contribution in [2.24, 2.45) is 11.7 Å². The lowest BCUT2D eigenvalue weighted by Crippen LogP contribution is -2.42. The minimum Gasteiger partial charge on any atom is -0.393 e. The molecule has 0 radical (unpaired) electrons. The van der Waals surface area contributed by atoms with Gasteiger partial charge in [0.05, 0.1) is 10.7 Å². The van der Waals surface area contributed by atoms with Gasteiger partial charge < -0.3 is 5.73 Å². The smallest absolute Gasteiger partial charge is 0.214 e. The van der Waals surface area contributed by atoms with Gasteiger partial charge in [-0.3, -0.25) is 4.98 Å². The highest BCUT2D eigenvalue weighted by Gasteiger charge is 2.28. The van der Waals surface area contributed by atoms with Gasteiger partial charge in [0.1, 0.15) is 0 Å². The molecular formula is C13H19N3O2S2. The minimum atomic E-state index is -3.22. The number of nitrogens with two attached hydrogens (primary N) is 1. The van der Waals surface area contributed by atoms with Crippen LogP contribution in [-0.2, 0) is 16.4 Å². The number of sulfonamides is 1. The van der Waals surface area contributed by atoms with Gasteiger partial charge in [-0.05, 0) is 25.0 Å². The van der Waals surface area contributed by atoms with E-state index in [1.165, 1.54) is 0 Å². The first-order valence-electron chi connectivity index (χ1n) is 6.66. The van der Waals surface area contributed by atoms with Crippen LogP contribution in [0, 0.1) is 5.92 Å². The number of pyridine rings is 1. The summed E-state index contributed by atoms with van der Waals surface area (Å²) in [5, 5.41) is 0. The SMILES string of the molecule is NC(=S)C1CCN(S(=O)(=O)CCc2ccccn2)CC1. The Kier molecular flexibility index (Phi) is 5.06. The molecule has 0 bridgehead atoms. The Bertz CT molecular complexity index is 552. The molecule has 5 nitrogen and oxygen atoms in total. The standard InChI is InChI=1S/C13H19N3O2S2/c14-13(19)11-4-8-16(9-5-11)20(17,18)10-6-12-3-1-2-7-15-12/h1-3,7,11H,4-6,8-10H2,(H2,14,19). The second-order valence-corrected chi connectivity index (χ2v) is 7.52. The van der Waals surface area contributed by atoms with E-state index in [9.17, 15) is 8.42 Å². The normalized spacial score (nSPS) is 18.0. The van der Waals surface area contributed by atoms with Crippen molar-refractivity contribution in [3.05, 3.63) is 30.1 Å². The average Bonchev–Trinajstić information content (AvgIpc) is 2.46. The maximum Gasteiger partial charge on any atom is 0.214 e. The largest absolute Gasteiger partial charge is 0.393 e. The summed E-state index contributed by atoms with van der Waals surface area (Å²) in [6, 6.07) is 5.52. The van der Waals surface area contributed by atoms with Crippen molar-refractivity contribution in [2.75, 3.05) is 18.8 Å². The first kappa shape index (κ1) is 15.3. The lowest BCUT2D eigenvalue weighted by molar-refractivity contribution is 0.316. The second-order valence-electron chi connectivity index (χ2n) is 4.96. The summed E-state index contributed by atoms with van der Waals surface area (Å²) in [7, 11) is -3.22. The molecule has 110 valence electrons. The number of nitrogens with zero attached hydrogens (tertiary/aromatic N) is 2. The third-order valence-electron chi connectivity index (χ3n) is 3.59. The molecule has 0 saturated carbocycles. The van der Waals surface area contributed by atoms with Gasteiger partial charge in [-0.15, -0.1) is 0 Å². The minimum absolute atomic E-state index is 0.0990. The predicted octanol–water partition coefficient (Wildman–Crippen LogP) is 0.952. The van der Waals surface area contributed by atoms with Gasteiger partial charge in [0.25, 0.3) is 0 Å². The summed E-state index contributed by atoms with van der Waals surface area (Å²) in [5.41, 5.74) is 6.41. The molecule has 1 aliphatic heterocycles. The van der Waals surface area contributed by atoms with Gasteiger partial charge in [0.15, 0.2) is 0 Å². The van der Waals surface area contributed by atoms with Gasteiger partial charge in [-0.1, -0.05) is 18.3 Å². The zero-order chi connectivity index (χ0) is 14.6. The van der Waals surface area contributed by atoms with E-state index in [1.54, 1.807) is 10.5 Å². The molecule has 7 heteroatoms. The zero-order valence-corrected chi connectivity index (χ0v) is 12.9. The van der Waals surface area contributed by atoms with Gasteiger partial charge in [-0.2, -0.15) is 0 Å². The molecule has 1 fully saturated rings. The van der Waals surface area contributed by atoms with Crippen molar-refractivity contribution in [1.82, 2.24) is 9.29 Å². The van der Waals surface area contributed by atoms with Crippen molar-refractivity contribution in [3.63, 3.8) is 0 Å². The maximum atomic E-state index is 12.3. The predicted molar refractivity (Wildman–Crippen MR) is 82.8 cm³/mol. The third kappa shape index (κ3) is 3.97. The van der Waals surface area contributed by atoms with Gasteiger partial charge in [0, 0.05) is 37.3 Å². The molecule has 0 amide bonds. The van der Waals surface area contributed by atoms with Crippen molar-refractivity contribution in [1.29, 1.82) is 0 Å². The van der Waals surface area contributed by atoms with E-state index in [-0.39, 0.29) is 11.7 Å². The van der Waals surface area contributed by atoms with E-state index in [2.05, 4.69) is 4.98 Å². The van der Waals surface area contributed by atoms with E-state index >= 15 is 0 Å².